The summed E-state index contributed by atoms with van der Waals surface area (Å²) >= 11 is 0. The largest absolute Gasteiger partial charge is 0.351 e. The van der Waals surface area contributed by atoms with Crippen molar-refractivity contribution in [3.8, 4) is 0 Å². The van der Waals surface area contributed by atoms with Gasteiger partial charge in [0.2, 0.25) is 0 Å². The second kappa shape index (κ2) is 5.36. The molecule has 2 aromatic rings. The van der Waals surface area contributed by atoms with Crippen LogP contribution in [0, 0.1) is 0 Å². The Hall–Kier alpha value is -2.09. The first-order valence-electron chi connectivity index (χ1n) is 7.87. The lowest BCUT2D eigenvalue weighted by molar-refractivity contribution is 0.287. The third kappa shape index (κ3) is 2.25. The molecule has 2 aliphatic rings. The Morgan fingerprint density at radius 2 is 1.48 bits per heavy atom. The van der Waals surface area contributed by atoms with Gasteiger partial charge in [-0.15, -0.1) is 0 Å². The van der Waals surface area contributed by atoms with Gasteiger partial charge in [0.25, 0.3) is 0 Å². The Balaban J connectivity index is 1.77. The van der Waals surface area contributed by atoms with Gasteiger partial charge in [0.1, 0.15) is 11.9 Å². The molecular formula is C19H20N2. The van der Waals surface area contributed by atoms with Crippen LogP contribution < -0.4 is 0 Å². The number of piperidine rings is 1. The van der Waals surface area contributed by atoms with E-state index >= 15 is 0 Å². The maximum Gasteiger partial charge on any atom is 0.101 e. The first-order valence-corrected chi connectivity index (χ1v) is 7.87. The first kappa shape index (κ1) is 12.6. The van der Waals surface area contributed by atoms with Crippen molar-refractivity contribution >= 4 is 5.84 Å². The molecule has 0 saturated carbocycles. The third-order valence-electron chi connectivity index (χ3n) is 4.59. The van der Waals surface area contributed by atoms with Crippen LogP contribution >= 0.6 is 0 Å². The number of nitrogens with zero attached hydrogens (tertiary/aromatic N) is 2. The average molecular weight is 276 g/mol. The van der Waals surface area contributed by atoms with Crippen molar-refractivity contribution in [2.75, 3.05) is 6.54 Å². The molecule has 1 saturated heterocycles. The van der Waals surface area contributed by atoms with Gasteiger partial charge in [0.15, 0.2) is 0 Å². The molecule has 4 rings (SSSR count). The van der Waals surface area contributed by atoms with Crippen LogP contribution in [-0.4, -0.2) is 17.3 Å². The molecule has 0 aliphatic carbocycles. The van der Waals surface area contributed by atoms with E-state index in [0.717, 1.165) is 13.0 Å². The monoisotopic (exact) mass is 276 g/mol. The molecule has 1 fully saturated rings. The Morgan fingerprint density at radius 3 is 2.19 bits per heavy atom. The van der Waals surface area contributed by atoms with Gasteiger partial charge in [-0.3, -0.25) is 4.99 Å². The highest BCUT2D eigenvalue weighted by molar-refractivity contribution is 5.85. The molecule has 2 aromatic carbocycles. The van der Waals surface area contributed by atoms with Crippen LogP contribution in [-0.2, 0) is 0 Å². The summed E-state index contributed by atoms with van der Waals surface area (Å²) in [6.07, 6.45) is 3.69. The van der Waals surface area contributed by atoms with Crippen molar-refractivity contribution < 1.29 is 0 Å². The van der Waals surface area contributed by atoms with Gasteiger partial charge in [-0.05, 0) is 24.0 Å². The Labute approximate surface area is 126 Å². The number of fused-ring (bicyclic) bond motifs is 1. The van der Waals surface area contributed by atoms with Crippen LogP contribution in [0.3, 0.4) is 0 Å². The van der Waals surface area contributed by atoms with E-state index in [9.17, 15) is 0 Å². The van der Waals surface area contributed by atoms with E-state index in [4.69, 9.17) is 4.99 Å². The van der Waals surface area contributed by atoms with Crippen LogP contribution in [0.1, 0.15) is 42.5 Å². The summed E-state index contributed by atoms with van der Waals surface area (Å²) in [5.74, 6) is 1.31. The summed E-state index contributed by atoms with van der Waals surface area (Å²) in [6, 6.07) is 22.2. The van der Waals surface area contributed by atoms with Crippen LogP contribution in [0.2, 0.25) is 0 Å². The predicted molar refractivity (Wildman–Crippen MR) is 86.4 cm³/mol. The number of benzene rings is 2. The number of amidine groups is 1. The fourth-order valence-electron chi connectivity index (χ4n) is 3.60. The van der Waals surface area contributed by atoms with Gasteiger partial charge < -0.3 is 4.90 Å². The number of rotatable bonds is 2. The Kier molecular flexibility index (Phi) is 3.23. The van der Waals surface area contributed by atoms with Gasteiger partial charge in [-0.25, -0.2) is 0 Å². The molecule has 2 unspecified atom stereocenters. The lowest BCUT2D eigenvalue weighted by Gasteiger charge is -2.33. The van der Waals surface area contributed by atoms with E-state index in [1.165, 1.54) is 29.8 Å². The van der Waals surface area contributed by atoms with Crippen LogP contribution in [0.4, 0.5) is 0 Å². The van der Waals surface area contributed by atoms with Gasteiger partial charge >= 0.3 is 0 Å². The van der Waals surface area contributed by atoms with Gasteiger partial charge in [0, 0.05) is 13.0 Å². The van der Waals surface area contributed by atoms with Crippen molar-refractivity contribution in [2.45, 2.75) is 31.3 Å². The fourth-order valence-corrected chi connectivity index (χ4v) is 3.60. The van der Waals surface area contributed by atoms with E-state index in [-0.39, 0.29) is 6.04 Å². The molecule has 0 bridgehead atoms. The minimum absolute atomic E-state index is 0.238. The van der Waals surface area contributed by atoms with Gasteiger partial charge in [-0.1, -0.05) is 60.7 Å². The third-order valence-corrected chi connectivity index (χ3v) is 4.59. The molecule has 21 heavy (non-hydrogen) atoms. The van der Waals surface area contributed by atoms with E-state index < -0.39 is 0 Å². The highest BCUT2D eigenvalue weighted by atomic mass is 15.3. The zero-order valence-electron chi connectivity index (χ0n) is 12.2. The predicted octanol–water partition coefficient (Wildman–Crippen LogP) is 4.37. The number of hydrogen-bond acceptors (Lipinski definition) is 2. The molecule has 0 amide bonds. The van der Waals surface area contributed by atoms with Crippen molar-refractivity contribution in [2.24, 2.45) is 4.99 Å². The van der Waals surface area contributed by atoms with Crippen LogP contribution in [0.25, 0.3) is 0 Å². The molecule has 0 N–H and O–H groups in total. The normalized spacial score (nSPS) is 24.6. The summed E-state index contributed by atoms with van der Waals surface area (Å²) in [5, 5.41) is 0. The van der Waals surface area contributed by atoms with Crippen LogP contribution in [0.5, 0.6) is 0 Å². The molecule has 2 atom stereocenters. The minimum atomic E-state index is 0.238. The molecule has 0 radical (unpaired) electrons. The van der Waals surface area contributed by atoms with E-state index in [2.05, 4.69) is 65.6 Å². The minimum Gasteiger partial charge on any atom is -0.351 e. The molecule has 0 aromatic heterocycles. The quantitative estimate of drug-likeness (QED) is 0.795. The Bertz CT molecular complexity index is 633. The fraction of sp³-hybridized carbons (Fsp3) is 0.316. The zero-order chi connectivity index (χ0) is 14.1. The highest BCUT2D eigenvalue weighted by Gasteiger charge is 2.38. The van der Waals surface area contributed by atoms with Crippen molar-refractivity contribution in [1.82, 2.24) is 4.90 Å². The first-order chi connectivity index (χ1) is 10.4. The second-order valence-electron chi connectivity index (χ2n) is 5.91. The summed E-state index contributed by atoms with van der Waals surface area (Å²) in [5.41, 5.74) is 2.71. The lowest BCUT2D eigenvalue weighted by atomic mass is 9.93. The number of aliphatic imine (C=N–C) groups is 1. The summed E-state index contributed by atoms with van der Waals surface area (Å²) in [7, 11) is 0. The molecule has 2 nitrogen and oxygen atoms in total. The van der Waals surface area contributed by atoms with Crippen molar-refractivity contribution in [1.29, 1.82) is 0 Å². The lowest BCUT2D eigenvalue weighted by Crippen LogP contribution is -2.35. The Morgan fingerprint density at radius 1 is 0.810 bits per heavy atom. The van der Waals surface area contributed by atoms with Crippen LogP contribution in [0.15, 0.2) is 65.7 Å². The summed E-state index contributed by atoms with van der Waals surface area (Å²) < 4.78 is 0. The smallest absolute Gasteiger partial charge is 0.101 e. The van der Waals surface area contributed by atoms with Crippen molar-refractivity contribution in [3.05, 3.63) is 71.8 Å². The van der Waals surface area contributed by atoms with Gasteiger partial charge in [-0.2, -0.15) is 0 Å². The topological polar surface area (TPSA) is 15.6 Å². The summed E-state index contributed by atoms with van der Waals surface area (Å²) in [6.45, 7) is 1.14. The van der Waals surface area contributed by atoms with E-state index in [1.807, 2.05) is 0 Å². The maximum atomic E-state index is 5.08. The van der Waals surface area contributed by atoms with E-state index in [1.54, 1.807) is 0 Å². The molecule has 2 heteroatoms. The maximum absolute atomic E-state index is 5.08. The molecule has 0 spiro atoms. The number of hydrogen-bond donors (Lipinski definition) is 0. The molecule has 106 valence electrons. The highest BCUT2D eigenvalue weighted by Crippen LogP contribution is 2.43. The average Bonchev–Trinajstić information content (AvgIpc) is 2.96. The molecule has 2 aliphatic heterocycles. The second-order valence-corrected chi connectivity index (χ2v) is 5.91. The van der Waals surface area contributed by atoms with Crippen molar-refractivity contribution in [3.63, 3.8) is 0 Å². The van der Waals surface area contributed by atoms with Gasteiger partial charge in [0.05, 0.1) is 6.04 Å². The van der Waals surface area contributed by atoms with E-state index in [0.29, 0.717) is 6.04 Å². The standard InChI is InChI=1S/C19H20N2/c1-3-9-15(10-4-1)18-19(16-11-5-2-6-12-16)21-14-8-7-13-17(21)20-18/h1-6,9-12,18-19H,7-8,13-14H2. The molecular weight excluding hydrogens is 256 g/mol. The summed E-state index contributed by atoms with van der Waals surface area (Å²) in [4.78, 5) is 7.62. The molecule has 2 heterocycles. The zero-order valence-corrected chi connectivity index (χ0v) is 12.2. The SMILES string of the molecule is c1ccc(C2N=C3CCCCN3C2c2ccccc2)cc1.